The van der Waals surface area contributed by atoms with E-state index in [4.69, 9.17) is 14.2 Å². The standard InChI is InChI=1S/C56H96O6/c1-4-7-10-13-16-19-22-24-26-28-29-31-32-34-37-40-43-46-49-55(58)61-52-53(51-60-54(57)48-45-42-39-36-21-18-15-12-9-6-3)62-56(59)50-47-44-41-38-35-33-30-27-25-23-20-17-14-11-8-5-2/h8,11,17,20,22,24-29,31,53H,4-7,9-10,12-16,18-19,21,23,30,32-52H2,1-3H3/b11-8-,20-17-,24-22-,27-25-,28-26-,31-29-. The van der Waals surface area contributed by atoms with Crippen LogP contribution in [-0.4, -0.2) is 37.2 Å². The van der Waals surface area contributed by atoms with Gasteiger partial charge in [0.2, 0.25) is 0 Å². The molecule has 0 aromatic rings. The highest BCUT2D eigenvalue weighted by Gasteiger charge is 2.19. The van der Waals surface area contributed by atoms with Gasteiger partial charge in [0.1, 0.15) is 13.2 Å². The molecule has 0 heterocycles. The van der Waals surface area contributed by atoms with Crippen molar-refractivity contribution in [3.05, 3.63) is 72.9 Å². The smallest absolute Gasteiger partial charge is 0.306 e. The van der Waals surface area contributed by atoms with Gasteiger partial charge in [-0.05, 0) is 77.0 Å². The largest absolute Gasteiger partial charge is 0.462 e. The molecule has 0 rings (SSSR count). The zero-order chi connectivity index (χ0) is 45.1. The number of hydrogen-bond acceptors (Lipinski definition) is 6. The highest BCUT2D eigenvalue weighted by atomic mass is 16.6. The van der Waals surface area contributed by atoms with Gasteiger partial charge in [-0.3, -0.25) is 14.4 Å². The highest BCUT2D eigenvalue weighted by Crippen LogP contribution is 2.14. The van der Waals surface area contributed by atoms with Gasteiger partial charge in [-0.15, -0.1) is 0 Å². The number of hydrogen-bond donors (Lipinski definition) is 0. The van der Waals surface area contributed by atoms with E-state index in [-0.39, 0.29) is 31.1 Å². The van der Waals surface area contributed by atoms with Gasteiger partial charge in [0.05, 0.1) is 0 Å². The molecule has 0 radical (unpaired) electrons. The molecular weight excluding hydrogens is 769 g/mol. The minimum atomic E-state index is -0.788. The third-order valence-corrected chi connectivity index (χ3v) is 11.0. The van der Waals surface area contributed by atoms with Crippen LogP contribution in [0.15, 0.2) is 72.9 Å². The Balaban J connectivity index is 4.41. The predicted octanol–water partition coefficient (Wildman–Crippen LogP) is 17.0. The Hall–Kier alpha value is -3.15. The lowest BCUT2D eigenvalue weighted by molar-refractivity contribution is -0.167. The first-order valence-corrected chi connectivity index (χ1v) is 26.0. The lowest BCUT2D eigenvalue weighted by Crippen LogP contribution is -2.30. The van der Waals surface area contributed by atoms with Crippen molar-refractivity contribution in [2.45, 2.75) is 252 Å². The van der Waals surface area contributed by atoms with Gasteiger partial charge in [0, 0.05) is 19.3 Å². The van der Waals surface area contributed by atoms with Crippen LogP contribution in [0.25, 0.3) is 0 Å². The number of esters is 3. The fraction of sp³-hybridized carbons (Fsp3) is 0.732. The molecule has 6 heteroatoms. The van der Waals surface area contributed by atoms with Crippen LogP contribution in [0.4, 0.5) is 0 Å². The molecule has 0 aliphatic carbocycles. The maximum absolute atomic E-state index is 12.8. The topological polar surface area (TPSA) is 78.9 Å². The summed E-state index contributed by atoms with van der Waals surface area (Å²) in [6.45, 7) is 6.47. The zero-order valence-electron chi connectivity index (χ0n) is 40.6. The molecule has 0 bridgehead atoms. The second-order valence-electron chi connectivity index (χ2n) is 17.1. The van der Waals surface area contributed by atoms with Crippen molar-refractivity contribution in [2.75, 3.05) is 13.2 Å². The predicted molar refractivity (Wildman–Crippen MR) is 265 cm³/mol. The van der Waals surface area contributed by atoms with Gasteiger partial charge < -0.3 is 14.2 Å². The average molecular weight is 865 g/mol. The first kappa shape index (κ1) is 58.9. The summed E-state index contributed by atoms with van der Waals surface area (Å²) in [6.07, 6.45) is 63.1. The van der Waals surface area contributed by atoms with Gasteiger partial charge in [0.25, 0.3) is 0 Å². The minimum Gasteiger partial charge on any atom is -0.462 e. The van der Waals surface area contributed by atoms with Crippen molar-refractivity contribution < 1.29 is 28.6 Å². The Bertz CT molecular complexity index is 1180. The Kier molecular flexibility index (Phi) is 47.9. The molecule has 0 amide bonds. The number of unbranched alkanes of at least 4 members (excludes halogenated alkanes) is 25. The third-order valence-electron chi connectivity index (χ3n) is 11.0. The maximum atomic E-state index is 12.8. The van der Waals surface area contributed by atoms with Crippen molar-refractivity contribution in [1.82, 2.24) is 0 Å². The van der Waals surface area contributed by atoms with Crippen LogP contribution in [0.5, 0.6) is 0 Å². The van der Waals surface area contributed by atoms with Crippen LogP contribution >= 0.6 is 0 Å². The van der Waals surface area contributed by atoms with Gasteiger partial charge in [-0.25, -0.2) is 0 Å². The molecule has 0 spiro atoms. The molecule has 62 heavy (non-hydrogen) atoms. The van der Waals surface area contributed by atoms with Crippen LogP contribution in [-0.2, 0) is 28.6 Å². The number of carbonyl (C=O) groups excluding carboxylic acids is 3. The quantitative estimate of drug-likeness (QED) is 0.0199. The molecule has 0 N–H and O–H groups in total. The molecule has 0 saturated heterocycles. The fourth-order valence-electron chi connectivity index (χ4n) is 7.10. The molecule has 0 aromatic carbocycles. The Morgan fingerprint density at radius 1 is 0.355 bits per heavy atom. The van der Waals surface area contributed by atoms with Crippen molar-refractivity contribution >= 4 is 17.9 Å². The average Bonchev–Trinajstić information content (AvgIpc) is 3.27. The summed E-state index contributed by atoms with van der Waals surface area (Å²) < 4.78 is 16.8. The molecule has 0 saturated carbocycles. The summed E-state index contributed by atoms with van der Waals surface area (Å²) in [6, 6.07) is 0. The molecule has 0 aliphatic heterocycles. The van der Waals surface area contributed by atoms with Gasteiger partial charge >= 0.3 is 17.9 Å². The molecule has 0 aromatic heterocycles. The fourth-order valence-corrected chi connectivity index (χ4v) is 7.10. The van der Waals surface area contributed by atoms with E-state index in [1.807, 2.05) is 0 Å². The monoisotopic (exact) mass is 865 g/mol. The van der Waals surface area contributed by atoms with E-state index in [2.05, 4.69) is 93.7 Å². The van der Waals surface area contributed by atoms with E-state index in [1.165, 1.54) is 96.3 Å². The lowest BCUT2D eigenvalue weighted by atomic mass is 10.1. The number of rotatable bonds is 46. The summed E-state index contributed by atoms with van der Waals surface area (Å²) in [7, 11) is 0. The molecule has 356 valence electrons. The molecule has 1 atom stereocenters. The third kappa shape index (κ3) is 47.9. The summed E-state index contributed by atoms with van der Waals surface area (Å²) >= 11 is 0. The highest BCUT2D eigenvalue weighted by molar-refractivity contribution is 5.71. The molecule has 1 unspecified atom stereocenters. The first-order chi connectivity index (χ1) is 30.5. The van der Waals surface area contributed by atoms with Crippen LogP contribution < -0.4 is 0 Å². The normalized spacial score (nSPS) is 12.6. The lowest BCUT2D eigenvalue weighted by Gasteiger charge is -2.18. The number of ether oxygens (including phenoxy) is 3. The van der Waals surface area contributed by atoms with E-state index in [1.54, 1.807) is 0 Å². The summed E-state index contributed by atoms with van der Waals surface area (Å²) in [5, 5.41) is 0. The summed E-state index contributed by atoms with van der Waals surface area (Å²) in [4.78, 5) is 37.9. The van der Waals surface area contributed by atoms with Crippen molar-refractivity contribution in [1.29, 1.82) is 0 Å². The number of allylic oxidation sites excluding steroid dienone is 12. The Labute approximate surface area is 382 Å². The van der Waals surface area contributed by atoms with Crippen LogP contribution in [0.2, 0.25) is 0 Å². The molecule has 0 aliphatic rings. The van der Waals surface area contributed by atoms with E-state index >= 15 is 0 Å². The van der Waals surface area contributed by atoms with Crippen molar-refractivity contribution in [3.63, 3.8) is 0 Å². The van der Waals surface area contributed by atoms with E-state index in [0.29, 0.717) is 19.3 Å². The first-order valence-electron chi connectivity index (χ1n) is 26.0. The molecule has 0 fully saturated rings. The van der Waals surface area contributed by atoms with Crippen molar-refractivity contribution in [3.8, 4) is 0 Å². The minimum absolute atomic E-state index is 0.0865. The molecule has 6 nitrogen and oxygen atoms in total. The Morgan fingerprint density at radius 2 is 0.694 bits per heavy atom. The second-order valence-corrected chi connectivity index (χ2v) is 17.1. The zero-order valence-corrected chi connectivity index (χ0v) is 40.6. The SMILES string of the molecule is CC/C=C\C/C=C\C/C=C\CCCCCCCCC(=O)OC(COC(=O)CCCCCCC\C=C/C=C\C=C/CCCCCCC)COC(=O)CCCCCCCCCCCC. The summed E-state index contributed by atoms with van der Waals surface area (Å²) in [5.74, 6) is -0.919. The second kappa shape index (κ2) is 50.5. The van der Waals surface area contributed by atoms with Gasteiger partial charge in [-0.2, -0.15) is 0 Å². The number of carbonyl (C=O) groups is 3. The van der Waals surface area contributed by atoms with Gasteiger partial charge in [0.15, 0.2) is 6.10 Å². The van der Waals surface area contributed by atoms with Crippen molar-refractivity contribution in [2.24, 2.45) is 0 Å². The van der Waals surface area contributed by atoms with Crippen LogP contribution in [0.3, 0.4) is 0 Å². The van der Waals surface area contributed by atoms with E-state index < -0.39 is 6.10 Å². The van der Waals surface area contributed by atoms with Crippen LogP contribution in [0.1, 0.15) is 245 Å². The van der Waals surface area contributed by atoms with E-state index in [9.17, 15) is 14.4 Å². The summed E-state index contributed by atoms with van der Waals surface area (Å²) in [5.41, 5.74) is 0. The maximum Gasteiger partial charge on any atom is 0.306 e. The Morgan fingerprint density at radius 3 is 1.11 bits per heavy atom. The molecular formula is C56H96O6. The van der Waals surface area contributed by atoms with Gasteiger partial charge in [-0.1, -0.05) is 222 Å². The van der Waals surface area contributed by atoms with Crippen LogP contribution in [0, 0.1) is 0 Å². The van der Waals surface area contributed by atoms with E-state index in [0.717, 1.165) is 109 Å².